The molecule has 4 heteroatoms. The summed E-state index contributed by atoms with van der Waals surface area (Å²) in [6.07, 6.45) is 2.93. The van der Waals surface area contributed by atoms with E-state index < -0.39 is 0 Å². The van der Waals surface area contributed by atoms with Crippen molar-refractivity contribution in [3.63, 3.8) is 0 Å². The Bertz CT molecular complexity index is 119. The van der Waals surface area contributed by atoms with Crippen molar-refractivity contribution in [1.82, 2.24) is 0 Å². The molecule has 0 radical (unpaired) electrons. The molecule has 0 rings (SSSR count). The van der Waals surface area contributed by atoms with Crippen LogP contribution < -0.4 is 5.73 Å². The van der Waals surface area contributed by atoms with Crippen LogP contribution in [0.4, 0.5) is 0 Å². The predicted octanol–water partition coefficient (Wildman–Crippen LogP) is 0.225. The number of carbonyl (C=O) groups is 2. The van der Waals surface area contributed by atoms with Crippen molar-refractivity contribution in [3.05, 3.63) is 0 Å². The summed E-state index contributed by atoms with van der Waals surface area (Å²) in [7, 11) is 0. The van der Waals surface area contributed by atoms with Crippen LogP contribution in [0.1, 0.15) is 12.8 Å². The molecule has 1 atom stereocenters. The molecule has 0 aliphatic carbocycles. The molecule has 0 bridgehead atoms. The first-order valence-electron chi connectivity index (χ1n) is 3.53. The molecule has 0 aliphatic rings. The predicted molar refractivity (Wildman–Crippen MR) is 46.7 cm³/mol. The number of hydrogen-bond donors (Lipinski definition) is 1. The van der Waals surface area contributed by atoms with Gasteiger partial charge in [-0.3, -0.25) is 0 Å². The van der Waals surface area contributed by atoms with Gasteiger partial charge in [0.1, 0.15) is 12.6 Å². The second-order valence-electron chi connectivity index (χ2n) is 2.16. The molecule has 0 heterocycles. The smallest absolute Gasteiger partial charge is 0.136 e. The van der Waals surface area contributed by atoms with E-state index in [1.807, 2.05) is 0 Å². The van der Waals surface area contributed by atoms with E-state index in [-0.39, 0.29) is 6.04 Å². The van der Waals surface area contributed by atoms with Crippen LogP contribution in [0.3, 0.4) is 0 Å². The van der Waals surface area contributed by atoms with Crippen molar-refractivity contribution in [2.75, 3.05) is 11.5 Å². The summed E-state index contributed by atoms with van der Waals surface area (Å²) < 4.78 is 0. The quantitative estimate of drug-likeness (QED) is 0.444. The molecule has 0 amide bonds. The monoisotopic (exact) mass is 175 g/mol. The summed E-state index contributed by atoms with van der Waals surface area (Å²) in [5.74, 6) is 1.68. The number of thioether (sulfide) groups is 1. The van der Waals surface area contributed by atoms with Crippen LogP contribution in [0.25, 0.3) is 0 Å². The largest absolute Gasteiger partial charge is 0.322 e. The van der Waals surface area contributed by atoms with Crippen molar-refractivity contribution in [2.24, 2.45) is 5.73 Å². The van der Waals surface area contributed by atoms with Gasteiger partial charge in [-0.2, -0.15) is 11.8 Å². The van der Waals surface area contributed by atoms with Gasteiger partial charge in [-0.15, -0.1) is 0 Å². The molecule has 0 aromatic rings. The normalized spacial score (nSPS) is 12.5. The lowest BCUT2D eigenvalue weighted by Crippen LogP contribution is -2.21. The van der Waals surface area contributed by atoms with Crippen LogP contribution in [0.5, 0.6) is 0 Å². The fourth-order valence-electron chi connectivity index (χ4n) is 0.521. The lowest BCUT2D eigenvalue weighted by atomic mass is 10.3. The Labute approximate surface area is 70.7 Å². The van der Waals surface area contributed by atoms with Gasteiger partial charge in [0.25, 0.3) is 0 Å². The van der Waals surface area contributed by atoms with E-state index in [1.54, 1.807) is 11.8 Å². The standard InChI is InChI=1S/C7H13NO2S/c8-7(6-10)2-5-11-4-1-3-9/h3,6-7H,1-2,4-5,8H2. The Hall–Kier alpha value is -0.350. The maximum absolute atomic E-state index is 10.0. The van der Waals surface area contributed by atoms with Gasteiger partial charge >= 0.3 is 0 Å². The molecule has 64 valence electrons. The average Bonchev–Trinajstić information content (AvgIpc) is 2.04. The Morgan fingerprint density at radius 2 is 2.09 bits per heavy atom. The fourth-order valence-corrected chi connectivity index (χ4v) is 1.43. The second-order valence-corrected chi connectivity index (χ2v) is 3.38. The molecule has 0 saturated carbocycles. The van der Waals surface area contributed by atoms with Crippen LogP contribution in [0, 0.1) is 0 Å². The summed E-state index contributed by atoms with van der Waals surface area (Å²) in [6, 6.07) is -0.335. The van der Waals surface area contributed by atoms with E-state index in [0.717, 1.165) is 24.1 Å². The number of aldehydes is 2. The highest BCUT2D eigenvalue weighted by atomic mass is 32.2. The molecule has 0 aliphatic heterocycles. The summed E-state index contributed by atoms with van der Waals surface area (Å²) in [6.45, 7) is 0. The van der Waals surface area contributed by atoms with E-state index >= 15 is 0 Å². The van der Waals surface area contributed by atoms with E-state index in [4.69, 9.17) is 5.73 Å². The van der Waals surface area contributed by atoms with Gasteiger partial charge in [-0.25, -0.2) is 0 Å². The van der Waals surface area contributed by atoms with Crippen LogP contribution in [0.15, 0.2) is 0 Å². The molecule has 0 saturated heterocycles. The van der Waals surface area contributed by atoms with Crippen molar-refractivity contribution in [3.8, 4) is 0 Å². The third kappa shape index (κ3) is 7.55. The van der Waals surface area contributed by atoms with E-state index in [0.29, 0.717) is 12.8 Å². The van der Waals surface area contributed by atoms with Crippen molar-refractivity contribution < 1.29 is 9.59 Å². The fraction of sp³-hybridized carbons (Fsp3) is 0.714. The summed E-state index contributed by atoms with van der Waals surface area (Å²) in [4.78, 5) is 19.9. The highest BCUT2D eigenvalue weighted by Gasteiger charge is 1.98. The summed E-state index contributed by atoms with van der Waals surface area (Å²) >= 11 is 1.65. The maximum atomic E-state index is 10.0. The molecule has 3 nitrogen and oxygen atoms in total. The first kappa shape index (κ1) is 10.7. The second kappa shape index (κ2) is 7.75. The Morgan fingerprint density at radius 1 is 1.36 bits per heavy atom. The Morgan fingerprint density at radius 3 is 2.64 bits per heavy atom. The van der Waals surface area contributed by atoms with Crippen molar-refractivity contribution in [1.29, 1.82) is 0 Å². The molecule has 2 N–H and O–H groups in total. The van der Waals surface area contributed by atoms with Crippen LogP contribution in [0.2, 0.25) is 0 Å². The molecule has 0 fully saturated rings. The Balaban J connectivity index is 3.01. The summed E-state index contributed by atoms with van der Waals surface area (Å²) in [5, 5.41) is 0. The van der Waals surface area contributed by atoms with Crippen molar-refractivity contribution >= 4 is 24.3 Å². The minimum absolute atomic E-state index is 0.335. The number of hydrogen-bond acceptors (Lipinski definition) is 4. The highest BCUT2D eigenvalue weighted by molar-refractivity contribution is 7.99. The molecular formula is C7H13NO2S. The van der Waals surface area contributed by atoms with Gasteiger partial charge in [-0.05, 0) is 17.9 Å². The highest BCUT2D eigenvalue weighted by Crippen LogP contribution is 2.03. The van der Waals surface area contributed by atoms with E-state index in [9.17, 15) is 9.59 Å². The molecule has 0 spiro atoms. The number of carbonyl (C=O) groups excluding carboxylic acids is 2. The third-order valence-corrected chi connectivity index (χ3v) is 2.20. The average molecular weight is 175 g/mol. The van der Waals surface area contributed by atoms with Gasteiger partial charge in [0.05, 0.1) is 6.04 Å². The molecular weight excluding hydrogens is 162 g/mol. The minimum Gasteiger partial charge on any atom is -0.322 e. The minimum atomic E-state index is -0.335. The van der Waals surface area contributed by atoms with Gasteiger partial charge in [0, 0.05) is 6.42 Å². The summed E-state index contributed by atoms with van der Waals surface area (Å²) in [5.41, 5.74) is 5.34. The topological polar surface area (TPSA) is 60.2 Å². The van der Waals surface area contributed by atoms with Crippen LogP contribution >= 0.6 is 11.8 Å². The maximum Gasteiger partial charge on any atom is 0.136 e. The van der Waals surface area contributed by atoms with Gasteiger partial charge in [-0.1, -0.05) is 0 Å². The zero-order chi connectivity index (χ0) is 8.53. The third-order valence-electron chi connectivity index (χ3n) is 1.15. The first-order chi connectivity index (χ1) is 5.31. The lowest BCUT2D eigenvalue weighted by molar-refractivity contribution is -0.109. The van der Waals surface area contributed by atoms with Gasteiger partial charge in [0.15, 0.2) is 0 Å². The molecule has 0 aromatic heterocycles. The number of rotatable bonds is 7. The SMILES string of the molecule is NC(C=O)CCSCCC=O. The first-order valence-corrected chi connectivity index (χ1v) is 4.69. The lowest BCUT2D eigenvalue weighted by Gasteiger charge is -2.01. The zero-order valence-electron chi connectivity index (χ0n) is 6.36. The van der Waals surface area contributed by atoms with E-state index in [1.165, 1.54) is 0 Å². The molecule has 11 heavy (non-hydrogen) atoms. The van der Waals surface area contributed by atoms with Crippen LogP contribution in [-0.2, 0) is 9.59 Å². The number of nitrogens with two attached hydrogens (primary N) is 1. The molecule has 0 aromatic carbocycles. The molecule has 1 unspecified atom stereocenters. The van der Waals surface area contributed by atoms with Crippen LogP contribution in [-0.4, -0.2) is 30.1 Å². The van der Waals surface area contributed by atoms with E-state index in [2.05, 4.69) is 0 Å². The van der Waals surface area contributed by atoms with Gasteiger partial charge in [0.2, 0.25) is 0 Å². The Kier molecular flexibility index (Phi) is 7.51. The van der Waals surface area contributed by atoms with Crippen molar-refractivity contribution in [2.45, 2.75) is 18.9 Å². The van der Waals surface area contributed by atoms with Gasteiger partial charge < -0.3 is 15.3 Å². The zero-order valence-corrected chi connectivity index (χ0v) is 7.18.